The molecule has 0 aliphatic carbocycles. The van der Waals surface area contributed by atoms with E-state index < -0.39 is 17.9 Å². The molecule has 1 aliphatic heterocycles. The maximum Gasteiger partial charge on any atom is 0.356 e. The van der Waals surface area contributed by atoms with Crippen molar-refractivity contribution in [2.75, 3.05) is 7.11 Å². The number of carboxylic acids is 1. The van der Waals surface area contributed by atoms with Gasteiger partial charge in [0.15, 0.2) is 5.69 Å². The summed E-state index contributed by atoms with van der Waals surface area (Å²) in [6, 6.07) is 6.44. The SMILES string of the molecule is COC(=O)C1CCCn2c(-c3cccc(O)c3)nc(C(=O)O)c21. The average Bonchev–Trinajstić information content (AvgIpc) is 2.94. The summed E-state index contributed by atoms with van der Waals surface area (Å²) in [5.74, 6) is -1.79. The predicted molar refractivity (Wildman–Crippen MR) is 80.3 cm³/mol. The molecule has 0 radical (unpaired) electrons. The molecule has 1 aromatic carbocycles. The van der Waals surface area contributed by atoms with Gasteiger partial charge in [-0.1, -0.05) is 12.1 Å². The number of carbonyl (C=O) groups excluding carboxylic acids is 1. The first kappa shape index (κ1) is 15.1. The van der Waals surface area contributed by atoms with E-state index in [1.54, 1.807) is 16.7 Å². The minimum Gasteiger partial charge on any atom is -0.508 e. The van der Waals surface area contributed by atoms with E-state index in [-0.39, 0.29) is 11.4 Å². The van der Waals surface area contributed by atoms with Crippen LogP contribution in [0.5, 0.6) is 5.75 Å². The summed E-state index contributed by atoms with van der Waals surface area (Å²) in [5, 5.41) is 19.1. The fraction of sp³-hybridized carbons (Fsp3) is 0.312. The first-order valence-electron chi connectivity index (χ1n) is 7.24. The lowest BCUT2D eigenvalue weighted by atomic mass is 9.94. The molecule has 0 saturated carbocycles. The normalized spacial score (nSPS) is 16.7. The smallest absolute Gasteiger partial charge is 0.356 e. The van der Waals surface area contributed by atoms with Gasteiger partial charge in [-0.15, -0.1) is 0 Å². The molecule has 0 fully saturated rings. The Morgan fingerprint density at radius 2 is 2.17 bits per heavy atom. The highest BCUT2D eigenvalue weighted by molar-refractivity contribution is 5.91. The fourth-order valence-corrected chi connectivity index (χ4v) is 3.03. The molecule has 23 heavy (non-hydrogen) atoms. The first-order valence-corrected chi connectivity index (χ1v) is 7.24. The second kappa shape index (κ2) is 5.75. The third kappa shape index (κ3) is 2.54. The number of hydrogen-bond donors (Lipinski definition) is 2. The highest BCUT2D eigenvalue weighted by Crippen LogP contribution is 2.35. The van der Waals surface area contributed by atoms with Crippen LogP contribution < -0.4 is 0 Å². The fourth-order valence-electron chi connectivity index (χ4n) is 3.03. The van der Waals surface area contributed by atoms with Crippen LogP contribution in [0.15, 0.2) is 24.3 Å². The van der Waals surface area contributed by atoms with Gasteiger partial charge in [-0.25, -0.2) is 9.78 Å². The summed E-state index contributed by atoms with van der Waals surface area (Å²) in [6.07, 6.45) is 1.24. The number of aromatic carboxylic acids is 1. The summed E-state index contributed by atoms with van der Waals surface area (Å²) in [7, 11) is 1.29. The zero-order valence-electron chi connectivity index (χ0n) is 12.5. The Bertz CT molecular complexity index is 781. The molecule has 0 bridgehead atoms. The van der Waals surface area contributed by atoms with Crippen LogP contribution >= 0.6 is 0 Å². The number of nitrogens with zero attached hydrogens (tertiary/aromatic N) is 2. The number of imidazole rings is 1. The number of methoxy groups -OCH3 is 1. The summed E-state index contributed by atoms with van der Waals surface area (Å²) < 4.78 is 6.54. The van der Waals surface area contributed by atoms with Gasteiger partial charge in [-0.2, -0.15) is 0 Å². The molecule has 7 heteroatoms. The van der Waals surface area contributed by atoms with Crippen LogP contribution in [0.4, 0.5) is 0 Å². The summed E-state index contributed by atoms with van der Waals surface area (Å²) >= 11 is 0. The molecule has 0 spiro atoms. The van der Waals surface area contributed by atoms with Gasteiger partial charge >= 0.3 is 11.9 Å². The van der Waals surface area contributed by atoms with Gasteiger partial charge in [0.25, 0.3) is 0 Å². The lowest BCUT2D eigenvalue weighted by Crippen LogP contribution is -2.25. The topological polar surface area (TPSA) is 102 Å². The number of rotatable bonds is 3. The molecule has 1 aliphatic rings. The van der Waals surface area contributed by atoms with E-state index in [2.05, 4.69) is 4.98 Å². The number of phenols is 1. The van der Waals surface area contributed by atoms with Crippen LogP contribution in [0, 0.1) is 0 Å². The average molecular weight is 316 g/mol. The molecule has 1 aromatic heterocycles. The Hall–Kier alpha value is -2.83. The molecule has 0 saturated heterocycles. The monoisotopic (exact) mass is 316 g/mol. The molecule has 1 atom stereocenters. The van der Waals surface area contributed by atoms with Crippen LogP contribution in [-0.2, 0) is 16.1 Å². The third-order valence-electron chi connectivity index (χ3n) is 4.00. The number of fused-ring (bicyclic) bond motifs is 1. The molecule has 0 amide bonds. The zero-order chi connectivity index (χ0) is 16.6. The summed E-state index contributed by atoms with van der Waals surface area (Å²) in [4.78, 5) is 27.8. The minimum atomic E-state index is -1.18. The van der Waals surface area contributed by atoms with Crippen molar-refractivity contribution in [3.05, 3.63) is 35.7 Å². The molecular weight excluding hydrogens is 300 g/mol. The highest BCUT2D eigenvalue weighted by Gasteiger charge is 2.35. The Labute approximate surface area is 132 Å². The standard InChI is InChI=1S/C16H16N2O5/c1-23-16(22)11-6-3-7-18-13(11)12(15(20)21)17-14(18)9-4-2-5-10(19)8-9/h2,4-5,8,11,19H,3,6-7H2,1H3,(H,20,21). The summed E-state index contributed by atoms with van der Waals surface area (Å²) in [5.41, 5.74) is 0.830. The molecular formula is C16H16N2O5. The Balaban J connectivity index is 2.21. The van der Waals surface area contributed by atoms with Gasteiger partial charge in [0.2, 0.25) is 0 Å². The predicted octanol–water partition coefficient (Wildman–Crippen LogP) is 2.00. The van der Waals surface area contributed by atoms with Gasteiger partial charge in [0.1, 0.15) is 11.6 Å². The van der Waals surface area contributed by atoms with E-state index in [0.717, 1.165) is 0 Å². The number of carboxylic acid groups (broad SMARTS) is 1. The van der Waals surface area contributed by atoms with E-state index in [0.29, 0.717) is 36.5 Å². The minimum absolute atomic E-state index is 0.0667. The van der Waals surface area contributed by atoms with Crippen LogP contribution in [0.25, 0.3) is 11.4 Å². The highest BCUT2D eigenvalue weighted by atomic mass is 16.5. The lowest BCUT2D eigenvalue weighted by Gasteiger charge is -2.24. The molecule has 2 aromatic rings. The third-order valence-corrected chi connectivity index (χ3v) is 4.00. The number of benzene rings is 1. The number of carbonyl (C=O) groups is 2. The zero-order valence-corrected chi connectivity index (χ0v) is 12.5. The van der Waals surface area contributed by atoms with Crippen molar-refractivity contribution in [2.45, 2.75) is 25.3 Å². The van der Waals surface area contributed by atoms with Crippen LogP contribution in [0.3, 0.4) is 0 Å². The second-order valence-corrected chi connectivity index (χ2v) is 5.39. The first-order chi connectivity index (χ1) is 11.0. The Morgan fingerprint density at radius 1 is 1.39 bits per heavy atom. The number of ether oxygens (including phenoxy) is 1. The van der Waals surface area contributed by atoms with Crippen LogP contribution in [0.2, 0.25) is 0 Å². The van der Waals surface area contributed by atoms with Crippen LogP contribution in [0.1, 0.15) is 34.9 Å². The van der Waals surface area contributed by atoms with Gasteiger partial charge in [-0.3, -0.25) is 4.79 Å². The van der Waals surface area contributed by atoms with Crippen molar-refractivity contribution in [2.24, 2.45) is 0 Å². The van der Waals surface area contributed by atoms with Crippen molar-refractivity contribution >= 4 is 11.9 Å². The van der Waals surface area contributed by atoms with Gasteiger partial charge in [-0.05, 0) is 25.0 Å². The van der Waals surface area contributed by atoms with Crippen molar-refractivity contribution in [1.29, 1.82) is 0 Å². The van der Waals surface area contributed by atoms with E-state index in [4.69, 9.17) is 4.74 Å². The molecule has 1 unspecified atom stereocenters. The van der Waals surface area contributed by atoms with Gasteiger partial charge in [0, 0.05) is 12.1 Å². The number of aromatic hydroxyl groups is 1. The molecule has 120 valence electrons. The maximum absolute atomic E-state index is 12.0. The van der Waals surface area contributed by atoms with Crippen molar-refractivity contribution in [3.63, 3.8) is 0 Å². The van der Waals surface area contributed by atoms with Crippen LogP contribution in [-0.4, -0.2) is 38.8 Å². The van der Waals surface area contributed by atoms with Crippen molar-refractivity contribution in [3.8, 4) is 17.1 Å². The van der Waals surface area contributed by atoms with E-state index in [9.17, 15) is 19.8 Å². The van der Waals surface area contributed by atoms with E-state index in [1.807, 2.05) is 0 Å². The Kier molecular flexibility index (Phi) is 3.77. The largest absolute Gasteiger partial charge is 0.508 e. The van der Waals surface area contributed by atoms with Crippen molar-refractivity contribution in [1.82, 2.24) is 9.55 Å². The second-order valence-electron chi connectivity index (χ2n) is 5.39. The number of esters is 1. The molecule has 2 heterocycles. The molecule has 3 rings (SSSR count). The molecule has 2 N–H and O–H groups in total. The van der Waals surface area contributed by atoms with E-state index in [1.165, 1.54) is 19.2 Å². The molecule has 7 nitrogen and oxygen atoms in total. The quantitative estimate of drug-likeness (QED) is 0.840. The Morgan fingerprint density at radius 3 is 2.83 bits per heavy atom. The number of hydrogen-bond acceptors (Lipinski definition) is 5. The van der Waals surface area contributed by atoms with Gasteiger partial charge in [0.05, 0.1) is 18.7 Å². The number of aromatic nitrogens is 2. The lowest BCUT2D eigenvalue weighted by molar-refractivity contribution is -0.143. The number of phenolic OH excluding ortho intramolecular Hbond substituents is 1. The summed E-state index contributed by atoms with van der Waals surface area (Å²) in [6.45, 7) is 0.564. The van der Waals surface area contributed by atoms with E-state index >= 15 is 0 Å². The van der Waals surface area contributed by atoms with Crippen molar-refractivity contribution < 1.29 is 24.5 Å². The maximum atomic E-state index is 12.0. The van der Waals surface area contributed by atoms with Gasteiger partial charge < -0.3 is 19.5 Å².